The van der Waals surface area contributed by atoms with E-state index in [9.17, 15) is 0 Å². The van der Waals surface area contributed by atoms with Crippen LogP contribution in [0.15, 0.2) is 12.4 Å². The first-order valence-electron chi connectivity index (χ1n) is 6.64. The molecule has 1 aromatic heterocycles. The third kappa shape index (κ3) is 3.00. The lowest BCUT2D eigenvalue weighted by molar-refractivity contribution is -0.0139. The molecule has 0 radical (unpaired) electrons. The second-order valence-corrected chi connectivity index (χ2v) is 4.93. The standard InChI is InChI=1S/C13H23N3O/c1-3-9-16-11-12(10-15-16)17-13(5-4-6-13)7-8-14-2/h10-11,14H,3-9H2,1-2H3. The Balaban J connectivity index is 1.92. The molecule has 0 spiro atoms. The number of rotatable bonds is 7. The van der Waals surface area contributed by atoms with Crippen molar-refractivity contribution in [3.8, 4) is 5.75 Å². The Kier molecular flexibility index (Phi) is 4.05. The van der Waals surface area contributed by atoms with Gasteiger partial charge in [0.25, 0.3) is 0 Å². The molecule has 0 aliphatic heterocycles. The van der Waals surface area contributed by atoms with E-state index in [1.807, 2.05) is 24.1 Å². The molecule has 0 aromatic carbocycles. The normalized spacial score (nSPS) is 17.8. The predicted octanol–water partition coefficient (Wildman–Crippen LogP) is 2.20. The van der Waals surface area contributed by atoms with Crippen LogP contribution >= 0.6 is 0 Å². The van der Waals surface area contributed by atoms with Crippen molar-refractivity contribution < 1.29 is 4.74 Å². The van der Waals surface area contributed by atoms with Gasteiger partial charge in [-0.25, -0.2) is 0 Å². The fourth-order valence-corrected chi connectivity index (χ4v) is 2.33. The lowest BCUT2D eigenvalue weighted by Crippen LogP contribution is -2.45. The number of ether oxygens (including phenoxy) is 1. The topological polar surface area (TPSA) is 39.1 Å². The molecule has 1 N–H and O–H groups in total. The van der Waals surface area contributed by atoms with Gasteiger partial charge >= 0.3 is 0 Å². The minimum atomic E-state index is 0.0725. The summed E-state index contributed by atoms with van der Waals surface area (Å²) < 4.78 is 8.10. The van der Waals surface area contributed by atoms with Crippen molar-refractivity contribution in [2.75, 3.05) is 13.6 Å². The third-order valence-electron chi connectivity index (χ3n) is 3.49. The van der Waals surface area contributed by atoms with Crippen LogP contribution in [-0.2, 0) is 6.54 Å². The van der Waals surface area contributed by atoms with Gasteiger partial charge < -0.3 is 10.1 Å². The lowest BCUT2D eigenvalue weighted by atomic mass is 9.77. The highest BCUT2D eigenvalue weighted by molar-refractivity contribution is 5.14. The smallest absolute Gasteiger partial charge is 0.158 e. The van der Waals surface area contributed by atoms with Crippen LogP contribution in [0.5, 0.6) is 5.75 Å². The fourth-order valence-electron chi connectivity index (χ4n) is 2.33. The Labute approximate surface area is 103 Å². The van der Waals surface area contributed by atoms with Crippen molar-refractivity contribution >= 4 is 0 Å². The van der Waals surface area contributed by atoms with Crippen molar-refractivity contribution in [1.82, 2.24) is 15.1 Å². The maximum Gasteiger partial charge on any atom is 0.158 e. The van der Waals surface area contributed by atoms with Gasteiger partial charge in [0.2, 0.25) is 0 Å². The average Bonchev–Trinajstić information content (AvgIpc) is 2.70. The molecule has 96 valence electrons. The quantitative estimate of drug-likeness (QED) is 0.790. The van der Waals surface area contributed by atoms with E-state index < -0.39 is 0 Å². The summed E-state index contributed by atoms with van der Waals surface area (Å²) in [6.45, 7) is 4.14. The first-order chi connectivity index (χ1) is 8.28. The van der Waals surface area contributed by atoms with Crippen molar-refractivity contribution in [2.24, 2.45) is 0 Å². The molecule has 1 aliphatic carbocycles. The van der Waals surface area contributed by atoms with Crippen LogP contribution in [-0.4, -0.2) is 29.0 Å². The second kappa shape index (κ2) is 5.54. The number of aromatic nitrogens is 2. The molecular weight excluding hydrogens is 214 g/mol. The highest BCUT2D eigenvalue weighted by Gasteiger charge is 2.38. The van der Waals surface area contributed by atoms with Crippen LogP contribution in [0.4, 0.5) is 0 Å². The van der Waals surface area contributed by atoms with Gasteiger partial charge in [-0.15, -0.1) is 0 Å². The van der Waals surface area contributed by atoms with Crippen LogP contribution in [0.1, 0.15) is 39.0 Å². The number of aryl methyl sites for hydroxylation is 1. The summed E-state index contributed by atoms with van der Waals surface area (Å²) in [6.07, 6.45) is 9.68. The zero-order valence-electron chi connectivity index (χ0n) is 10.9. The molecule has 0 atom stereocenters. The summed E-state index contributed by atoms with van der Waals surface area (Å²) >= 11 is 0. The van der Waals surface area contributed by atoms with Gasteiger partial charge in [-0.3, -0.25) is 4.68 Å². The molecule has 4 nitrogen and oxygen atoms in total. The third-order valence-corrected chi connectivity index (χ3v) is 3.49. The summed E-state index contributed by atoms with van der Waals surface area (Å²) in [5.41, 5.74) is 0.0725. The van der Waals surface area contributed by atoms with E-state index in [-0.39, 0.29) is 5.60 Å². The second-order valence-electron chi connectivity index (χ2n) is 4.93. The molecule has 0 saturated heterocycles. The Bertz CT molecular complexity index is 344. The zero-order chi connectivity index (χ0) is 12.1. The number of nitrogens with one attached hydrogen (secondary N) is 1. The van der Waals surface area contributed by atoms with E-state index in [4.69, 9.17) is 4.74 Å². The van der Waals surface area contributed by atoms with Crippen molar-refractivity contribution in [1.29, 1.82) is 0 Å². The van der Waals surface area contributed by atoms with Crippen LogP contribution in [0.3, 0.4) is 0 Å². The van der Waals surface area contributed by atoms with E-state index in [0.29, 0.717) is 0 Å². The fraction of sp³-hybridized carbons (Fsp3) is 0.769. The molecule has 0 bridgehead atoms. The van der Waals surface area contributed by atoms with E-state index in [1.54, 1.807) is 0 Å². The van der Waals surface area contributed by atoms with Crippen LogP contribution < -0.4 is 10.1 Å². The molecule has 0 amide bonds. The van der Waals surface area contributed by atoms with E-state index in [0.717, 1.165) is 31.7 Å². The Hall–Kier alpha value is -1.03. The van der Waals surface area contributed by atoms with Gasteiger partial charge in [0.1, 0.15) is 5.60 Å². The number of hydrogen-bond donors (Lipinski definition) is 1. The molecule has 0 unspecified atom stereocenters. The maximum absolute atomic E-state index is 6.14. The SMILES string of the molecule is CCCn1cc(OC2(CCNC)CCC2)cn1. The largest absolute Gasteiger partial charge is 0.484 e. The highest BCUT2D eigenvalue weighted by Crippen LogP contribution is 2.39. The van der Waals surface area contributed by atoms with Crippen LogP contribution in [0.2, 0.25) is 0 Å². The first kappa shape index (κ1) is 12.4. The molecule has 2 rings (SSSR count). The molecule has 1 heterocycles. The monoisotopic (exact) mass is 237 g/mol. The molecule has 1 fully saturated rings. The Morgan fingerprint density at radius 3 is 2.94 bits per heavy atom. The van der Waals surface area contributed by atoms with E-state index in [2.05, 4.69) is 17.3 Å². The molecule has 17 heavy (non-hydrogen) atoms. The highest BCUT2D eigenvalue weighted by atomic mass is 16.5. The minimum Gasteiger partial charge on any atom is -0.484 e. The van der Waals surface area contributed by atoms with Crippen molar-refractivity contribution in [3.63, 3.8) is 0 Å². The summed E-state index contributed by atoms with van der Waals surface area (Å²) in [5, 5.41) is 7.51. The van der Waals surface area contributed by atoms with Gasteiger partial charge in [-0.05, 0) is 45.7 Å². The summed E-state index contributed by atoms with van der Waals surface area (Å²) in [6, 6.07) is 0. The lowest BCUT2D eigenvalue weighted by Gasteiger charge is -2.41. The van der Waals surface area contributed by atoms with Gasteiger partial charge in [0.05, 0.1) is 12.4 Å². The summed E-state index contributed by atoms with van der Waals surface area (Å²) in [7, 11) is 1.99. The van der Waals surface area contributed by atoms with Crippen LogP contribution in [0.25, 0.3) is 0 Å². The Morgan fingerprint density at radius 1 is 1.53 bits per heavy atom. The predicted molar refractivity (Wildman–Crippen MR) is 68.3 cm³/mol. The summed E-state index contributed by atoms with van der Waals surface area (Å²) in [4.78, 5) is 0. The summed E-state index contributed by atoms with van der Waals surface area (Å²) in [5.74, 6) is 0.925. The molecular formula is C13H23N3O. The molecule has 1 saturated carbocycles. The molecule has 1 aromatic rings. The molecule has 4 heteroatoms. The average molecular weight is 237 g/mol. The Morgan fingerprint density at radius 2 is 2.35 bits per heavy atom. The van der Waals surface area contributed by atoms with Crippen molar-refractivity contribution in [2.45, 2.75) is 51.2 Å². The maximum atomic E-state index is 6.14. The van der Waals surface area contributed by atoms with E-state index >= 15 is 0 Å². The van der Waals surface area contributed by atoms with Gasteiger partial charge in [-0.2, -0.15) is 5.10 Å². The zero-order valence-corrected chi connectivity index (χ0v) is 10.9. The van der Waals surface area contributed by atoms with Gasteiger partial charge in [-0.1, -0.05) is 6.92 Å². The van der Waals surface area contributed by atoms with Gasteiger partial charge in [0.15, 0.2) is 5.75 Å². The van der Waals surface area contributed by atoms with Crippen LogP contribution in [0, 0.1) is 0 Å². The van der Waals surface area contributed by atoms with E-state index in [1.165, 1.54) is 19.3 Å². The molecule has 1 aliphatic rings. The number of nitrogens with zero attached hydrogens (tertiary/aromatic N) is 2. The van der Waals surface area contributed by atoms with Crippen molar-refractivity contribution in [3.05, 3.63) is 12.4 Å². The first-order valence-corrected chi connectivity index (χ1v) is 6.64. The minimum absolute atomic E-state index is 0.0725. The number of hydrogen-bond acceptors (Lipinski definition) is 3. The van der Waals surface area contributed by atoms with Gasteiger partial charge in [0, 0.05) is 6.54 Å².